The molecule has 3 amide bonds. The number of urea groups is 1. The van der Waals surface area contributed by atoms with Gasteiger partial charge in [-0.1, -0.05) is 11.6 Å². The molecule has 0 saturated carbocycles. The molecule has 6 N–H and O–H groups in total. The van der Waals surface area contributed by atoms with Gasteiger partial charge >= 0.3 is 18.2 Å². The van der Waals surface area contributed by atoms with Gasteiger partial charge in [-0.15, -0.1) is 0 Å². The molecule has 44 heavy (non-hydrogen) atoms. The monoisotopic (exact) mass is 640 g/mol. The maximum Gasteiger partial charge on any atom is 0.417 e. The fraction of sp³-hybridized carbons (Fsp3) is 0.259. The maximum absolute atomic E-state index is 13.6. The van der Waals surface area contributed by atoms with E-state index >= 15 is 0 Å². The highest BCUT2D eigenvalue weighted by Gasteiger charge is 2.50. The van der Waals surface area contributed by atoms with Crippen molar-refractivity contribution in [3.63, 3.8) is 0 Å². The van der Waals surface area contributed by atoms with Crippen molar-refractivity contribution in [3.8, 4) is 11.5 Å². The van der Waals surface area contributed by atoms with Crippen LogP contribution in [0.15, 0.2) is 60.8 Å². The van der Waals surface area contributed by atoms with Crippen LogP contribution in [0, 0.1) is 0 Å². The zero-order valence-corrected chi connectivity index (χ0v) is 23.2. The number of amides is 3. The first kappa shape index (κ1) is 32.4. The number of hydrogen-bond donors (Lipinski definition) is 6. The van der Waals surface area contributed by atoms with Crippen LogP contribution in [-0.4, -0.2) is 81.0 Å². The Hall–Kier alpha value is -4.48. The fourth-order valence-electron chi connectivity index (χ4n) is 4.19. The Balaban J connectivity index is 1.64. The van der Waals surface area contributed by atoms with E-state index in [2.05, 4.69) is 15.6 Å². The zero-order chi connectivity index (χ0) is 32.3. The second-order valence-electron chi connectivity index (χ2n) is 9.30. The third-order valence-corrected chi connectivity index (χ3v) is 6.70. The molecule has 3 aromatic rings. The summed E-state index contributed by atoms with van der Waals surface area (Å²) in [4.78, 5) is 41.4. The number of nitrogens with zero attached hydrogens (tertiary/aromatic N) is 2. The van der Waals surface area contributed by atoms with E-state index in [1.165, 1.54) is 49.6 Å². The summed E-state index contributed by atoms with van der Waals surface area (Å²) in [6.07, 6.45) is -14.3. The SMILES string of the molecule is CNC(=O)c1cc(Oc2ccc(NC(=O)N(c3ccc(Cl)c(C(F)(F)F)c3)[C@@H]3O[C@H](C(=O)O)[C@@H](O)[C@H](O)[C@H]3O)cc2)ccn1. The smallest absolute Gasteiger partial charge is 0.417 e. The van der Waals surface area contributed by atoms with E-state index in [0.717, 1.165) is 12.1 Å². The number of anilines is 2. The third kappa shape index (κ3) is 7.00. The number of aliphatic hydroxyl groups excluding tert-OH is 3. The molecule has 4 rings (SSSR count). The van der Waals surface area contributed by atoms with Gasteiger partial charge in [0.1, 0.15) is 35.5 Å². The summed E-state index contributed by atoms with van der Waals surface area (Å²) < 4.78 is 51.9. The number of halogens is 4. The first-order valence-electron chi connectivity index (χ1n) is 12.6. The van der Waals surface area contributed by atoms with Gasteiger partial charge in [-0.05, 0) is 48.5 Å². The van der Waals surface area contributed by atoms with Crippen LogP contribution in [0.2, 0.25) is 5.02 Å². The van der Waals surface area contributed by atoms with E-state index in [-0.39, 0.29) is 22.9 Å². The fourth-order valence-corrected chi connectivity index (χ4v) is 4.42. The molecule has 0 radical (unpaired) electrons. The molecule has 0 spiro atoms. The Morgan fingerprint density at radius 2 is 1.66 bits per heavy atom. The van der Waals surface area contributed by atoms with Crippen LogP contribution < -0.4 is 20.3 Å². The molecule has 1 fully saturated rings. The summed E-state index contributed by atoms with van der Waals surface area (Å²) in [6.45, 7) is 0. The van der Waals surface area contributed by atoms with Crippen molar-refractivity contribution in [2.45, 2.75) is 36.8 Å². The number of aliphatic hydroxyl groups is 3. The zero-order valence-electron chi connectivity index (χ0n) is 22.4. The molecule has 0 bridgehead atoms. The Morgan fingerprint density at radius 3 is 2.27 bits per heavy atom. The van der Waals surface area contributed by atoms with Gasteiger partial charge in [-0.3, -0.25) is 14.7 Å². The van der Waals surface area contributed by atoms with Gasteiger partial charge in [-0.2, -0.15) is 13.2 Å². The lowest BCUT2D eigenvalue weighted by Crippen LogP contribution is -2.65. The molecule has 2 aromatic carbocycles. The third-order valence-electron chi connectivity index (χ3n) is 6.37. The van der Waals surface area contributed by atoms with Crippen molar-refractivity contribution in [1.82, 2.24) is 10.3 Å². The average Bonchev–Trinajstić information content (AvgIpc) is 2.98. The minimum absolute atomic E-state index is 0.0683. The minimum Gasteiger partial charge on any atom is -0.479 e. The van der Waals surface area contributed by atoms with Gasteiger partial charge < -0.3 is 40.5 Å². The lowest BCUT2D eigenvalue weighted by molar-refractivity contribution is -0.225. The lowest BCUT2D eigenvalue weighted by Gasteiger charge is -2.43. The molecule has 0 aliphatic carbocycles. The van der Waals surface area contributed by atoms with E-state index in [1.54, 1.807) is 0 Å². The Bertz CT molecular complexity index is 1540. The quantitative estimate of drug-likeness (QED) is 0.224. The molecule has 1 aliphatic rings. The molecule has 2 heterocycles. The second-order valence-corrected chi connectivity index (χ2v) is 9.71. The van der Waals surface area contributed by atoms with Gasteiger partial charge in [0.25, 0.3) is 5.91 Å². The molecule has 1 saturated heterocycles. The Kier molecular flexibility index (Phi) is 9.60. The molecule has 1 aliphatic heterocycles. The summed E-state index contributed by atoms with van der Waals surface area (Å²) in [7, 11) is 1.44. The van der Waals surface area contributed by atoms with Crippen LogP contribution in [0.25, 0.3) is 0 Å². The molecular weight excluding hydrogens is 617 g/mol. The number of benzene rings is 2. The molecule has 234 valence electrons. The van der Waals surface area contributed by atoms with E-state index in [0.29, 0.717) is 11.0 Å². The van der Waals surface area contributed by atoms with E-state index < -0.39 is 71.0 Å². The van der Waals surface area contributed by atoms with E-state index in [1.807, 2.05) is 0 Å². The molecule has 1 aromatic heterocycles. The number of hydrogen-bond acceptors (Lipinski definition) is 9. The number of carboxylic acids is 1. The predicted octanol–water partition coefficient (Wildman–Crippen LogP) is 2.84. The number of ether oxygens (including phenoxy) is 2. The maximum atomic E-state index is 13.6. The number of pyridine rings is 1. The summed E-state index contributed by atoms with van der Waals surface area (Å²) in [6, 6.07) is 9.49. The molecular formula is C27H24ClF3N4O9. The molecule has 13 nitrogen and oxygen atoms in total. The topological polar surface area (TPSA) is 191 Å². The summed E-state index contributed by atoms with van der Waals surface area (Å²) in [5, 5.41) is 44.5. The summed E-state index contributed by atoms with van der Waals surface area (Å²) in [5.41, 5.74) is -1.73. The van der Waals surface area contributed by atoms with Crippen LogP contribution in [0.1, 0.15) is 16.1 Å². The predicted molar refractivity (Wildman–Crippen MR) is 146 cm³/mol. The van der Waals surface area contributed by atoms with Crippen molar-refractivity contribution in [2.24, 2.45) is 0 Å². The van der Waals surface area contributed by atoms with Gasteiger partial charge in [0.2, 0.25) is 0 Å². The van der Waals surface area contributed by atoms with Crippen molar-refractivity contribution >= 4 is 40.9 Å². The van der Waals surface area contributed by atoms with Crippen LogP contribution in [0.4, 0.5) is 29.3 Å². The highest BCUT2D eigenvalue weighted by molar-refractivity contribution is 6.31. The van der Waals surface area contributed by atoms with Crippen molar-refractivity contribution < 1.29 is 57.5 Å². The number of carboxylic acid groups (broad SMARTS) is 1. The van der Waals surface area contributed by atoms with Crippen LogP contribution in [0.3, 0.4) is 0 Å². The number of rotatable bonds is 7. The standard InChI is InChI=1S/C27H24ClF3N4O9/c1-32-23(39)18-11-15(8-9-33-18)43-14-5-2-12(3-6-14)34-26(42)35(13-4-7-17(28)16(10-13)27(29,30)31)24-21(38)19(36)20(37)22(44-24)25(40)41/h2-11,19-22,24,36-38H,1H3,(H,32,39)(H,34,42)(H,40,41)/t19-,20-,21+,22-,24+/m0/s1. The van der Waals surface area contributed by atoms with Crippen LogP contribution in [0.5, 0.6) is 11.5 Å². The van der Waals surface area contributed by atoms with Crippen molar-refractivity contribution in [3.05, 3.63) is 77.1 Å². The van der Waals surface area contributed by atoms with Gasteiger partial charge in [0, 0.05) is 30.7 Å². The average molecular weight is 641 g/mol. The lowest BCUT2D eigenvalue weighted by atomic mass is 9.97. The van der Waals surface area contributed by atoms with Crippen LogP contribution >= 0.6 is 11.6 Å². The highest BCUT2D eigenvalue weighted by atomic mass is 35.5. The largest absolute Gasteiger partial charge is 0.479 e. The first-order valence-corrected chi connectivity index (χ1v) is 12.9. The number of aromatic nitrogens is 1. The molecule has 5 atom stereocenters. The summed E-state index contributed by atoms with van der Waals surface area (Å²) in [5.74, 6) is -1.69. The van der Waals surface area contributed by atoms with E-state index in [9.17, 15) is 48.0 Å². The number of nitrogens with one attached hydrogen (secondary N) is 2. The molecule has 0 unspecified atom stereocenters. The minimum atomic E-state index is -4.97. The Morgan fingerprint density at radius 1 is 0.977 bits per heavy atom. The number of alkyl halides is 3. The van der Waals surface area contributed by atoms with Crippen molar-refractivity contribution in [2.75, 3.05) is 17.3 Å². The second kappa shape index (κ2) is 13.0. The van der Waals surface area contributed by atoms with Gasteiger partial charge in [0.15, 0.2) is 12.3 Å². The highest BCUT2D eigenvalue weighted by Crippen LogP contribution is 2.38. The first-order chi connectivity index (χ1) is 20.7. The molecule has 17 heteroatoms. The number of aliphatic carboxylic acids is 1. The normalized spacial score (nSPS) is 21.7. The Labute approximate surface area is 251 Å². The number of carbonyl (C=O) groups excluding carboxylic acids is 2. The number of carbonyl (C=O) groups is 3. The van der Waals surface area contributed by atoms with Crippen molar-refractivity contribution in [1.29, 1.82) is 0 Å². The van der Waals surface area contributed by atoms with Gasteiger partial charge in [0.05, 0.1) is 10.6 Å². The summed E-state index contributed by atoms with van der Waals surface area (Å²) >= 11 is 5.72. The van der Waals surface area contributed by atoms with Gasteiger partial charge in [-0.25, -0.2) is 9.59 Å². The van der Waals surface area contributed by atoms with E-state index in [4.69, 9.17) is 21.1 Å². The van der Waals surface area contributed by atoms with Crippen LogP contribution in [-0.2, 0) is 15.7 Å².